The number of hydrogen-bond donors (Lipinski definition) is 1. The van der Waals surface area contributed by atoms with Crippen LogP contribution in [-0.4, -0.2) is 17.6 Å². The minimum Gasteiger partial charge on any atom is -0.466 e. The van der Waals surface area contributed by atoms with Crippen molar-refractivity contribution in [3.63, 3.8) is 0 Å². The second-order valence-corrected chi connectivity index (χ2v) is 5.82. The van der Waals surface area contributed by atoms with E-state index in [1.807, 2.05) is 55.5 Å². The van der Waals surface area contributed by atoms with Crippen LogP contribution in [-0.2, 0) is 16.0 Å². The molecule has 3 aromatic rings. The molecule has 1 aromatic heterocycles. The number of esters is 1. The van der Waals surface area contributed by atoms with E-state index in [1.54, 1.807) is 11.3 Å². The van der Waals surface area contributed by atoms with Gasteiger partial charge >= 0.3 is 5.97 Å². The van der Waals surface area contributed by atoms with Gasteiger partial charge in [0.25, 0.3) is 0 Å². The molecule has 0 aliphatic heterocycles. The molecule has 0 bridgehead atoms. The van der Waals surface area contributed by atoms with Crippen LogP contribution in [0.15, 0.2) is 48.5 Å². The average Bonchev–Trinajstić information content (AvgIpc) is 2.90. The van der Waals surface area contributed by atoms with Gasteiger partial charge in [0.1, 0.15) is 0 Å². The van der Waals surface area contributed by atoms with E-state index < -0.39 is 0 Å². The molecule has 1 heterocycles. The van der Waals surface area contributed by atoms with Crippen LogP contribution in [0.2, 0.25) is 0 Å². The topological polar surface area (TPSA) is 51.2 Å². The molecule has 0 unspecified atom stereocenters. The maximum atomic E-state index is 11.5. The summed E-state index contributed by atoms with van der Waals surface area (Å²) in [5.41, 5.74) is 2.88. The zero-order valence-corrected chi connectivity index (χ0v) is 13.0. The van der Waals surface area contributed by atoms with Gasteiger partial charge in [-0.25, -0.2) is 4.98 Å². The third-order valence-corrected chi connectivity index (χ3v) is 4.07. The molecule has 22 heavy (non-hydrogen) atoms. The van der Waals surface area contributed by atoms with Gasteiger partial charge in [0.15, 0.2) is 5.13 Å². The predicted molar refractivity (Wildman–Crippen MR) is 89.7 cm³/mol. The lowest BCUT2D eigenvalue weighted by Gasteiger charge is -2.01. The molecule has 4 nitrogen and oxygen atoms in total. The normalized spacial score (nSPS) is 10.6. The van der Waals surface area contributed by atoms with Gasteiger partial charge < -0.3 is 10.1 Å². The van der Waals surface area contributed by atoms with Crippen molar-refractivity contribution in [2.75, 3.05) is 11.9 Å². The zero-order valence-electron chi connectivity index (χ0n) is 12.2. The zero-order chi connectivity index (χ0) is 15.4. The molecule has 1 N–H and O–H groups in total. The third-order valence-electron chi connectivity index (χ3n) is 3.13. The number of carbonyl (C=O) groups excluding carboxylic acids is 1. The van der Waals surface area contributed by atoms with Crippen molar-refractivity contribution in [3.8, 4) is 0 Å². The summed E-state index contributed by atoms with van der Waals surface area (Å²) in [6, 6.07) is 15.8. The molecule has 0 aliphatic carbocycles. The van der Waals surface area contributed by atoms with Crippen molar-refractivity contribution >= 4 is 38.3 Å². The largest absolute Gasteiger partial charge is 0.466 e. The lowest BCUT2D eigenvalue weighted by Crippen LogP contribution is -2.07. The van der Waals surface area contributed by atoms with Gasteiger partial charge in [-0.2, -0.15) is 0 Å². The average molecular weight is 312 g/mol. The molecule has 3 rings (SSSR count). The summed E-state index contributed by atoms with van der Waals surface area (Å²) in [7, 11) is 0. The summed E-state index contributed by atoms with van der Waals surface area (Å²) in [5, 5.41) is 4.13. The summed E-state index contributed by atoms with van der Waals surface area (Å²) in [4.78, 5) is 16.1. The van der Waals surface area contributed by atoms with Crippen molar-refractivity contribution < 1.29 is 9.53 Å². The van der Waals surface area contributed by atoms with Crippen LogP contribution in [0, 0.1) is 0 Å². The Morgan fingerprint density at radius 1 is 1.23 bits per heavy atom. The predicted octanol–water partition coefficient (Wildman–Crippen LogP) is 4.15. The Morgan fingerprint density at radius 2 is 2.05 bits per heavy atom. The summed E-state index contributed by atoms with van der Waals surface area (Å²) >= 11 is 1.57. The number of anilines is 2. The fourth-order valence-corrected chi connectivity index (χ4v) is 3.11. The number of hydrogen-bond acceptors (Lipinski definition) is 5. The summed E-state index contributed by atoms with van der Waals surface area (Å²) < 4.78 is 6.03. The van der Waals surface area contributed by atoms with Gasteiger partial charge in [-0.05, 0) is 36.8 Å². The van der Waals surface area contributed by atoms with E-state index in [0.29, 0.717) is 13.0 Å². The molecule has 0 atom stereocenters. The first-order valence-corrected chi connectivity index (χ1v) is 7.93. The van der Waals surface area contributed by atoms with Crippen LogP contribution >= 0.6 is 11.3 Å². The minimum atomic E-state index is -0.200. The van der Waals surface area contributed by atoms with Crippen molar-refractivity contribution in [2.24, 2.45) is 0 Å². The molecule has 0 spiro atoms. The van der Waals surface area contributed by atoms with E-state index in [-0.39, 0.29) is 5.97 Å². The number of fused-ring (bicyclic) bond motifs is 1. The van der Waals surface area contributed by atoms with Gasteiger partial charge in [-0.15, -0.1) is 0 Å². The molecular formula is C17H16N2O2S. The monoisotopic (exact) mass is 312 g/mol. The molecule has 0 fully saturated rings. The van der Waals surface area contributed by atoms with E-state index in [1.165, 1.54) is 0 Å². The first-order chi connectivity index (χ1) is 10.7. The first-order valence-electron chi connectivity index (χ1n) is 7.12. The Morgan fingerprint density at radius 3 is 2.82 bits per heavy atom. The van der Waals surface area contributed by atoms with Gasteiger partial charge in [0.2, 0.25) is 0 Å². The number of para-hydroxylation sites is 1. The van der Waals surface area contributed by atoms with E-state index in [9.17, 15) is 4.79 Å². The van der Waals surface area contributed by atoms with Crippen molar-refractivity contribution in [2.45, 2.75) is 13.3 Å². The quantitative estimate of drug-likeness (QED) is 0.719. The molecule has 0 saturated carbocycles. The Hall–Kier alpha value is -2.40. The SMILES string of the molecule is CCOC(=O)Cc1ccc2nc(Nc3ccccc3)sc2c1. The molecular weight excluding hydrogens is 296 g/mol. The molecule has 0 aliphatic rings. The van der Waals surface area contributed by atoms with Crippen LogP contribution < -0.4 is 5.32 Å². The Balaban J connectivity index is 1.79. The van der Waals surface area contributed by atoms with E-state index >= 15 is 0 Å². The lowest BCUT2D eigenvalue weighted by molar-refractivity contribution is -0.142. The smallest absolute Gasteiger partial charge is 0.310 e. The Kier molecular flexibility index (Phi) is 4.34. The summed E-state index contributed by atoms with van der Waals surface area (Å²) in [6.45, 7) is 2.22. The standard InChI is InChI=1S/C17H16N2O2S/c1-2-21-16(20)11-12-8-9-14-15(10-12)22-17(19-14)18-13-6-4-3-5-7-13/h3-10H,2,11H2,1H3,(H,18,19). The second-order valence-electron chi connectivity index (χ2n) is 4.79. The molecule has 0 saturated heterocycles. The number of carbonyl (C=O) groups is 1. The highest BCUT2D eigenvalue weighted by Gasteiger charge is 2.08. The molecule has 112 valence electrons. The highest BCUT2D eigenvalue weighted by molar-refractivity contribution is 7.22. The van der Waals surface area contributed by atoms with Crippen LogP contribution in [0.5, 0.6) is 0 Å². The fraction of sp³-hybridized carbons (Fsp3) is 0.176. The van der Waals surface area contributed by atoms with Crippen LogP contribution in [0.3, 0.4) is 0 Å². The van der Waals surface area contributed by atoms with Crippen LogP contribution in [0.4, 0.5) is 10.8 Å². The Bertz CT molecular complexity index is 784. The maximum absolute atomic E-state index is 11.5. The van der Waals surface area contributed by atoms with Crippen molar-refractivity contribution in [1.82, 2.24) is 4.98 Å². The van der Waals surface area contributed by atoms with E-state index in [0.717, 1.165) is 26.6 Å². The number of nitrogens with one attached hydrogen (secondary N) is 1. The number of benzene rings is 2. The van der Waals surface area contributed by atoms with Gasteiger partial charge in [-0.1, -0.05) is 35.6 Å². The first kappa shape index (κ1) is 14.5. The molecule has 0 radical (unpaired) electrons. The van der Waals surface area contributed by atoms with Gasteiger partial charge in [0, 0.05) is 5.69 Å². The number of aromatic nitrogens is 1. The third kappa shape index (κ3) is 3.43. The van der Waals surface area contributed by atoms with Gasteiger partial charge in [-0.3, -0.25) is 4.79 Å². The van der Waals surface area contributed by atoms with Crippen molar-refractivity contribution in [1.29, 1.82) is 0 Å². The molecule has 2 aromatic carbocycles. The highest BCUT2D eigenvalue weighted by atomic mass is 32.1. The van der Waals surface area contributed by atoms with E-state index in [2.05, 4.69) is 10.3 Å². The summed E-state index contributed by atoms with van der Waals surface area (Å²) in [5.74, 6) is -0.200. The number of nitrogens with zero attached hydrogens (tertiary/aromatic N) is 1. The number of ether oxygens (including phenoxy) is 1. The molecule has 0 amide bonds. The van der Waals surface area contributed by atoms with E-state index in [4.69, 9.17) is 4.74 Å². The number of thiazole rings is 1. The van der Waals surface area contributed by atoms with Gasteiger partial charge in [0.05, 0.1) is 23.2 Å². The highest BCUT2D eigenvalue weighted by Crippen LogP contribution is 2.29. The maximum Gasteiger partial charge on any atom is 0.310 e. The Labute approximate surface area is 132 Å². The lowest BCUT2D eigenvalue weighted by atomic mass is 10.1. The van der Waals surface area contributed by atoms with Crippen LogP contribution in [0.25, 0.3) is 10.2 Å². The molecule has 5 heteroatoms. The minimum absolute atomic E-state index is 0.200. The van der Waals surface area contributed by atoms with Crippen molar-refractivity contribution in [3.05, 3.63) is 54.1 Å². The number of rotatable bonds is 5. The summed E-state index contributed by atoms with van der Waals surface area (Å²) in [6.07, 6.45) is 0.295. The second kappa shape index (κ2) is 6.58. The fourth-order valence-electron chi connectivity index (χ4n) is 2.16. The van der Waals surface area contributed by atoms with Crippen LogP contribution in [0.1, 0.15) is 12.5 Å².